The van der Waals surface area contributed by atoms with Gasteiger partial charge in [-0.05, 0) is 61.4 Å². The number of carbonyl (C=O) groups is 2. The van der Waals surface area contributed by atoms with Crippen LogP contribution in [0.3, 0.4) is 0 Å². The average Bonchev–Trinajstić information content (AvgIpc) is 3.73. The lowest BCUT2D eigenvalue weighted by atomic mass is 9.97. The summed E-state index contributed by atoms with van der Waals surface area (Å²) in [6.45, 7) is 12.7. The number of hydrogen-bond acceptors (Lipinski definition) is 8. The quantitative estimate of drug-likeness (QED) is 0.238. The van der Waals surface area contributed by atoms with E-state index in [2.05, 4.69) is 10.3 Å². The van der Waals surface area contributed by atoms with Crippen molar-refractivity contribution in [1.29, 1.82) is 0 Å². The standard InChI is InChI=1S/C36H49N5O6S2/c1-23(2)19-40(49(45,46)30-12-13-33-28(18-30)16-25(5)47-33)21-32(42)31(17-27-10-8-7-9-11-27)38-35(43)34(24(3)4)41-15-14-39(36(41)44)20-29-22-48-26(6)37-29/h7-13,18,22-25,31-32,34,42H,14-17,19-21H2,1-6H3,(H,38,43)/t25?,31-,32-,34-/m0/s1. The monoisotopic (exact) mass is 711 g/mol. The Balaban J connectivity index is 1.37. The Kier molecular flexibility index (Phi) is 11.7. The number of fused-ring (bicyclic) bond motifs is 1. The molecule has 49 heavy (non-hydrogen) atoms. The zero-order valence-corrected chi connectivity index (χ0v) is 30.8. The van der Waals surface area contributed by atoms with Crippen LogP contribution >= 0.6 is 11.3 Å². The van der Waals surface area contributed by atoms with Crippen molar-refractivity contribution in [2.24, 2.45) is 11.8 Å². The van der Waals surface area contributed by atoms with Gasteiger partial charge >= 0.3 is 6.03 Å². The maximum Gasteiger partial charge on any atom is 0.321 e. The number of amides is 3. The number of aliphatic hydroxyl groups excluding tert-OH is 1. The molecule has 1 saturated heterocycles. The van der Waals surface area contributed by atoms with Crippen LogP contribution in [0.4, 0.5) is 4.79 Å². The Morgan fingerprint density at radius 3 is 2.51 bits per heavy atom. The van der Waals surface area contributed by atoms with Crippen molar-refractivity contribution in [3.05, 3.63) is 75.7 Å². The van der Waals surface area contributed by atoms with Crippen molar-refractivity contribution in [3.63, 3.8) is 0 Å². The molecule has 0 radical (unpaired) electrons. The van der Waals surface area contributed by atoms with Gasteiger partial charge in [-0.25, -0.2) is 18.2 Å². The van der Waals surface area contributed by atoms with E-state index in [1.165, 1.54) is 15.6 Å². The second kappa shape index (κ2) is 15.6. The predicted octanol–water partition coefficient (Wildman–Crippen LogP) is 4.47. The SMILES string of the molecule is Cc1nc(CN2CCN([C@H](C(=O)N[C@@H](Cc3ccccc3)[C@@H](O)CN(CC(C)C)S(=O)(=O)c3ccc4c(c3)CC(C)O4)C(C)C)C2=O)cs1. The lowest BCUT2D eigenvalue weighted by Crippen LogP contribution is -2.57. The fraction of sp³-hybridized carbons (Fsp3) is 0.528. The van der Waals surface area contributed by atoms with Crippen molar-refractivity contribution in [2.75, 3.05) is 26.2 Å². The third-order valence-corrected chi connectivity index (χ3v) is 11.6. The van der Waals surface area contributed by atoms with Crippen molar-refractivity contribution in [2.45, 2.75) is 90.1 Å². The van der Waals surface area contributed by atoms with E-state index in [1.54, 1.807) is 28.0 Å². The molecule has 5 rings (SSSR count). The summed E-state index contributed by atoms with van der Waals surface area (Å²) >= 11 is 1.53. The van der Waals surface area contributed by atoms with E-state index < -0.39 is 28.2 Å². The summed E-state index contributed by atoms with van der Waals surface area (Å²) in [6.07, 6.45) is -0.386. The van der Waals surface area contributed by atoms with Gasteiger partial charge in [0.25, 0.3) is 0 Å². The zero-order valence-electron chi connectivity index (χ0n) is 29.2. The average molecular weight is 712 g/mol. The van der Waals surface area contributed by atoms with Crippen LogP contribution < -0.4 is 10.1 Å². The number of nitrogens with one attached hydrogen (secondary N) is 1. The first-order chi connectivity index (χ1) is 23.2. The smallest absolute Gasteiger partial charge is 0.321 e. The molecular formula is C36H49N5O6S2. The van der Waals surface area contributed by atoms with Gasteiger partial charge in [0.05, 0.1) is 34.3 Å². The molecule has 1 aromatic heterocycles. The molecule has 3 heterocycles. The van der Waals surface area contributed by atoms with Crippen LogP contribution in [0.25, 0.3) is 0 Å². The second-order valence-electron chi connectivity index (χ2n) is 13.9. The minimum Gasteiger partial charge on any atom is -0.490 e. The molecule has 2 aliphatic heterocycles. The summed E-state index contributed by atoms with van der Waals surface area (Å²) in [6, 6.07) is 12.5. The molecule has 2 aliphatic rings. The van der Waals surface area contributed by atoms with E-state index in [-0.39, 0.29) is 54.3 Å². The van der Waals surface area contributed by atoms with Gasteiger partial charge in [-0.2, -0.15) is 4.31 Å². The summed E-state index contributed by atoms with van der Waals surface area (Å²) in [4.78, 5) is 35.6. The first kappa shape index (κ1) is 36.8. The maximum atomic E-state index is 14.1. The number of sulfonamides is 1. The molecule has 266 valence electrons. The van der Waals surface area contributed by atoms with Gasteiger partial charge in [-0.15, -0.1) is 11.3 Å². The minimum absolute atomic E-state index is 0.0236. The Hall–Kier alpha value is -3.52. The number of nitrogens with zero attached hydrogens (tertiary/aromatic N) is 4. The van der Waals surface area contributed by atoms with Gasteiger partial charge in [-0.1, -0.05) is 58.0 Å². The molecule has 13 heteroatoms. The summed E-state index contributed by atoms with van der Waals surface area (Å²) in [5.41, 5.74) is 2.53. The number of hydrogen-bond donors (Lipinski definition) is 2. The lowest BCUT2D eigenvalue weighted by molar-refractivity contribution is -0.128. The first-order valence-corrected chi connectivity index (χ1v) is 19.3. The topological polar surface area (TPSA) is 132 Å². The third kappa shape index (κ3) is 8.80. The molecule has 0 aliphatic carbocycles. The number of aryl methyl sites for hydroxylation is 1. The van der Waals surface area contributed by atoms with E-state index >= 15 is 0 Å². The number of ether oxygens (including phenoxy) is 1. The molecule has 1 unspecified atom stereocenters. The largest absolute Gasteiger partial charge is 0.490 e. The van der Waals surface area contributed by atoms with Crippen molar-refractivity contribution in [3.8, 4) is 5.75 Å². The fourth-order valence-corrected chi connectivity index (χ4v) is 8.90. The van der Waals surface area contributed by atoms with Crippen molar-refractivity contribution in [1.82, 2.24) is 24.4 Å². The summed E-state index contributed by atoms with van der Waals surface area (Å²) in [5.74, 6) is 0.0552. The van der Waals surface area contributed by atoms with E-state index in [9.17, 15) is 23.1 Å². The van der Waals surface area contributed by atoms with Crippen LogP contribution in [0, 0.1) is 18.8 Å². The highest BCUT2D eigenvalue weighted by Crippen LogP contribution is 2.32. The second-order valence-corrected chi connectivity index (χ2v) is 16.9. The third-order valence-electron chi connectivity index (χ3n) is 8.94. The Morgan fingerprint density at radius 2 is 1.86 bits per heavy atom. The molecular weight excluding hydrogens is 663 g/mol. The fourth-order valence-electron chi connectivity index (χ4n) is 6.63. The molecule has 0 spiro atoms. The van der Waals surface area contributed by atoms with E-state index in [1.807, 2.05) is 77.3 Å². The number of benzene rings is 2. The van der Waals surface area contributed by atoms with Crippen LogP contribution in [-0.4, -0.2) is 95.0 Å². The van der Waals surface area contributed by atoms with Gasteiger partial charge in [0.2, 0.25) is 15.9 Å². The summed E-state index contributed by atoms with van der Waals surface area (Å²) in [7, 11) is -4.00. The lowest BCUT2D eigenvalue weighted by Gasteiger charge is -2.34. The maximum absolute atomic E-state index is 14.1. The molecule has 0 saturated carbocycles. The molecule has 11 nitrogen and oxygen atoms in total. The first-order valence-electron chi connectivity index (χ1n) is 17.0. The van der Waals surface area contributed by atoms with E-state index in [0.717, 1.165) is 21.8 Å². The molecule has 1 fully saturated rings. The van der Waals surface area contributed by atoms with E-state index in [0.29, 0.717) is 31.8 Å². The van der Waals surface area contributed by atoms with Gasteiger partial charge in [0.1, 0.15) is 17.9 Å². The van der Waals surface area contributed by atoms with Crippen molar-refractivity contribution >= 4 is 33.3 Å². The number of carbonyl (C=O) groups excluding carboxylic acids is 2. The molecule has 0 bridgehead atoms. The minimum atomic E-state index is -4.00. The molecule has 2 N–H and O–H groups in total. The number of aromatic nitrogens is 1. The Bertz CT molecular complexity index is 1710. The summed E-state index contributed by atoms with van der Waals surface area (Å²) < 4.78 is 35.3. The van der Waals surface area contributed by atoms with Gasteiger partial charge in [-0.3, -0.25) is 4.79 Å². The highest BCUT2D eigenvalue weighted by molar-refractivity contribution is 7.89. The van der Waals surface area contributed by atoms with Crippen LogP contribution in [0.1, 0.15) is 56.4 Å². The number of urea groups is 1. The van der Waals surface area contributed by atoms with Crippen LogP contribution in [0.15, 0.2) is 58.8 Å². The zero-order chi connectivity index (χ0) is 35.5. The highest BCUT2D eigenvalue weighted by Gasteiger charge is 2.41. The molecule has 3 aromatic rings. The normalized spacial score (nSPS) is 18.2. The van der Waals surface area contributed by atoms with E-state index in [4.69, 9.17) is 4.74 Å². The Labute approximate surface area is 294 Å². The molecule has 3 amide bonds. The van der Waals surface area contributed by atoms with Gasteiger partial charge < -0.3 is 25.0 Å². The number of rotatable bonds is 15. The van der Waals surface area contributed by atoms with Crippen molar-refractivity contribution < 1.29 is 27.9 Å². The highest BCUT2D eigenvalue weighted by atomic mass is 32.2. The van der Waals surface area contributed by atoms with Crippen LogP contribution in [-0.2, 0) is 34.2 Å². The summed E-state index contributed by atoms with van der Waals surface area (Å²) in [5, 5.41) is 17.7. The number of thiazole rings is 1. The van der Waals surface area contributed by atoms with Crippen LogP contribution in [0.5, 0.6) is 5.75 Å². The predicted molar refractivity (Wildman–Crippen MR) is 190 cm³/mol. The Morgan fingerprint density at radius 1 is 1.12 bits per heavy atom. The van der Waals surface area contributed by atoms with Gasteiger partial charge in [0.15, 0.2) is 0 Å². The van der Waals surface area contributed by atoms with Crippen LogP contribution in [0.2, 0.25) is 0 Å². The molecule has 2 aromatic carbocycles. The van der Waals surface area contributed by atoms with Gasteiger partial charge in [0, 0.05) is 38.0 Å². The molecule has 4 atom stereocenters. The number of aliphatic hydroxyl groups is 1.